The Labute approximate surface area is 118 Å². The monoisotopic (exact) mass is 266 g/mol. The summed E-state index contributed by atoms with van der Waals surface area (Å²) in [7, 11) is 0. The number of rotatable bonds is 5. The van der Waals surface area contributed by atoms with Gasteiger partial charge >= 0.3 is 0 Å². The maximum Gasteiger partial charge on any atom is 0.112 e. The van der Waals surface area contributed by atoms with Gasteiger partial charge in [-0.2, -0.15) is 0 Å². The van der Waals surface area contributed by atoms with E-state index in [-0.39, 0.29) is 6.61 Å². The SMILES string of the molecule is OCCc1nc2ccccc2n1CCc1ccccc1. The van der Waals surface area contributed by atoms with Crippen LogP contribution in [-0.4, -0.2) is 21.3 Å². The van der Waals surface area contributed by atoms with Crippen molar-refractivity contribution in [3.05, 3.63) is 66.0 Å². The number of hydrogen-bond acceptors (Lipinski definition) is 2. The molecule has 3 heteroatoms. The van der Waals surface area contributed by atoms with Crippen LogP contribution in [0.2, 0.25) is 0 Å². The van der Waals surface area contributed by atoms with Gasteiger partial charge in [-0.1, -0.05) is 42.5 Å². The molecule has 0 spiro atoms. The smallest absolute Gasteiger partial charge is 0.112 e. The normalized spacial score (nSPS) is 11.1. The van der Waals surface area contributed by atoms with E-state index in [2.05, 4.69) is 39.9 Å². The number of aliphatic hydroxyl groups excluding tert-OH is 1. The summed E-state index contributed by atoms with van der Waals surface area (Å²) in [6.07, 6.45) is 1.57. The number of benzene rings is 2. The van der Waals surface area contributed by atoms with Crippen LogP contribution in [0.5, 0.6) is 0 Å². The third kappa shape index (κ3) is 2.58. The van der Waals surface area contributed by atoms with Crippen molar-refractivity contribution in [2.75, 3.05) is 6.61 Å². The van der Waals surface area contributed by atoms with Crippen LogP contribution >= 0.6 is 0 Å². The highest BCUT2D eigenvalue weighted by Gasteiger charge is 2.09. The second kappa shape index (κ2) is 5.88. The van der Waals surface area contributed by atoms with E-state index in [0.717, 1.165) is 29.8 Å². The van der Waals surface area contributed by atoms with Gasteiger partial charge in [0.2, 0.25) is 0 Å². The summed E-state index contributed by atoms with van der Waals surface area (Å²) in [5.74, 6) is 0.963. The second-order valence-corrected chi connectivity index (χ2v) is 4.88. The van der Waals surface area contributed by atoms with Crippen molar-refractivity contribution in [2.24, 2.45) is 0 Å². The molecule has 1 aromatic heterocycles. The van der Waals surface area contributed by atoms with Gasteiger partial charge in [0, 0.05) is 13.0 Å². The van der Waals surface area contributed by atoms with Gasteiger partial charge in [0.25, 0.3) is 0 Å². The number of aliphatic hydroxyl groups is 1. The summed E-state index contributed by atoms with van der Waals surface area (Å²) >= 11 is 0. The zero-order valence-corrected chi connectivity index (χ0v) is 11.4. The summed E-state index contributed by atoms with van der Waals surface area (Å²) in [4.78, 5) is 4.62. The summed E-state index contributed by atoms with van der Waals surface area (Å²) in [6.45, 7) is 1.02. The van der Waals surface area contributed by atoms with Crippen LogP contribution in [0.1, 0.15) is 11.4 Å². The fourth-order valence-corrected chi connectivity index (χ4v) is 2.55. The van der Waals surface area contributed by atoms with Crippen LogP contribution in [-0.2, 0) is 19.4 Å². The Morgan fingerprint density at radius 3 is 2.45 bits per heavy atom. The Kier molecular flexibility index (Phi) is 3.79. The van der Waals surface area contributed by atoms with E-state index in [9.17, 15) is 5.11 Å². The standard InChI is InChI=1S/C17H18N2O/c20-13-11-17-18-15-8-4-5-9-16(15)19(17)12-10-14-6-2-1-3-7-14/h1-9,20H,10-13H2. The van der Waals surface area contributed by atoms with Crippen molar-refractivity contribution in [1.29, 1.82) is 0 Å². The maximum absolute atomic E-state index is 9.20. The Morgan fingerprint density at radius 1 is 0.900 bits per heavy atom. The van der Waals surface area contributed by atoms with Gasteiger partial charge in [0.15, 0.2) is 0 Å². The average Bonchev–Trinajstić information content (AvgIpc) is 2.84. The maximum atomic E-state index is 9.20. The number of aromatic nitrogens is 2. The molecule has 0 saturated carbocycles. The number of hydrogen-bond donors (Lipinski definition) is 1. The Morgan fingerprint density at radius 2 is 1.65 bits per heavy atom. The largest absolute Gasteiger partial charge is 0.396 e. The van der Waals surface area contributed by atoms with Crippen molar-refractivity contribution < 1.29 is 5.11 Å². The first-order chi connectivity index (χ1) is 9.88. The molecule has 0 unspecified atom stereocenters. The highest BCUT2D eigenvalue weighted by Crippen LogP contribution is 2.17. The van der Waals surface area contributed by atoms with E-state index in [1.165, 1.54) is 5.56 Å². The van der Waals surface area contributed by atoms with E-state index >= 15 is 0 Å². The van der Waals surface area contributed by atoms with Gasteiger partial charge in [-0.25, -0.2) is 4.98 Å². The van der Waals surface area contributed by atoms with Crippen molar-refractivity contribution in [3.8, 4) is 0 Å². The summed E-state index contributed by atoms with van der Waals surface area (Å²) in [5.41, 5.74) is 3.47. The minimum atomic E-state index is 0.134. The van der Waals surface area contributed by atoms with E-state index in [0.29, 0.717) is 6.42 Å². The lowest BCUT2D eigenvalue weighted by molar-refractivity contribution is 0.295. The lowest BCUT2D eigenvalue weighted by atomic mass is 10.1. The first-order valence-electron chi connectivity index (χ1n) is 6.97. The van der Waals surface area contributed by atoms with E-state index in [1.807, 2.05) is 24.3 Å². The highest BCUT2D eigenvalue weighted by molar-refractivity contribution is 5.75. The van der Waals surface area contributed by atoms with Gasteiger partial charge in [0.1, 0.15) is 5.82 Å². The number of nitrogens with zero attached hydrogens (tertiary/aromatic N) is 2. The van der Waals surface area contributed by atoms with Gasteiger partial charge < -0.3 is 9.67 Å². The van der Waals surface area contributed by atoms with Crippen LogP contribution in [0.3, 0.4) is 0 Å². The molecule has 0 aliphatic carbocycles. The van der Waals surface area contributed by atoms with Crippen LogP contribution in [0.4, 0.5) is 0 Å². The molecule has 102 valence electrons. The predicted molar refractivity (Wildman–Crippen MR) is 80.7 cm³/mol. The molecule has 0 saturated heterocycles. The van der Waals surface area contributed by atoms with Crippen molar-refractivity contribution in [3.63, 3.8) is 0 Å². The molecule has 20 heavy (non-hydrogen) atoms. The number of imidazole rings is 1. The molecule has 2 aromatic carbocycles. The van der Waals surface area contributed by atoms with Gasteiger partial charge in [-0.05, 0) is 24.1 Å². The van der Waals surface area contributed by atoms with Gasteiger partial charge in [-0.3, -0.25) is 0 Å². The molecular formula is C17H18N2O. The zero-order valence-electron chi connectivity index (χ0n) is 11.4. The molecular weight excluding hydrogens is 248 g/mol. The minimum Gasteiger partial charge on any atom is -0.396 e. The van der Waals surface area contributed by atoms with Crippen LogP contribution < -0.4 is 0 Å². The van der Waals surface area contributed by atoms with Crippen molar-refractivity contribution in [1.82, 2.24) is 9.55 Å². The molecule has 1 N–H and O–H groups in total. The molecule has 3 nitrogen and oxygen atoms in total. The zero-order chi connectivity index (χ0) is 13.8. The average molecular weight is 266 g/mol. The Balaban J connectivity index is 1.90. The van der Waals surface area contributed by atoms with E-state index in [4.69, 9.17) is 0 Å². The Hall–Kier alpha value is -2.13. The minimum absolute atomic E-state index is 0.134. The topological polar surface area (TPSA) is 38.1 Å². The van der Waals surface area contributed by atoms with Crippen LogP contribution in [0.25, 0.3) is 11.0 Å². The third-order valence-electron chi connectivity index (χ3n) is 3.54. The first kappa shape index (κ1) is 12.9. The fourth-order valence-electron chi connectivity index (χ4n) is 2.55. The fraction of sp³-hybridized carbons (Fsp3) is 0.235. The van der Waals surface area contributed by atoms with Crippen LogP contribution in [0.15, 0.2) is 54.6 Å². The quantitative estimate of drug-likeness (QED) is 0.771. The summed E-state index contributed by atoms with van der Waals surface area (Å²) in [6, 6.07) is 18.6. The summed E-state index contributed by atoms with van der Waals surface area (Å²) < 4.78 is 2.22. The number of para-hydroxylation sites is 2. The van der Waals surface area contributed by atoms with Gasteiger partial charge in [0.05, 0.1) is 17.6 Å². The van der Waals surface area contributed by atoms with E-state index < -0.39 is 0 Å². The van der Waals surface area contributed by atoms with Crippen LogP contribution in [0, 0.1) is 0 Å². The molecule has 0 fully saturated rings. The lowest BCUT2D eigenvalue weighted by Gasteiger charge is -2.08. The molecule has 3 rings (SSSR count). The predicted octanol–water partition coefficient (Wildman–Crippen LogP) is 2.81. The Bertz CT molecular complexity index is 689. The van der Waals surface area contributed by atoms with Crippen molar-refractivity contribution >= 4 is 11.0 Å². The lowest BCUT2D eigenvalue weighted by Crippen LogP contribution is -2.07. The number of fused-ring (bicyclic) bond motifs is 1. The second-order valence-electron chi connectivity index (χ2n) is 4.88. The first-order valence-corrected chi connectivity index (χ1v) is 6.97. The van der Waals surface area contributed by atoms with Gasteiger partial charge in [-0.15, -0.1) is 0 Å². The molecule has 0 aliphatic heterocycles. The third-order valence-corrected chi connectivity index (χ3v) is 3.54. The molecule has 0 amide bonds. The molecule has 0 bridgehead atoms. The number of aryl methyl sites for hydroxylation is 2. The molecule has 3 aromatic rings. The summed E-state index contributed by atoms with van der Waals surface area (Å²) in [5, 5.41) is 9.20. The van der Waals surface area contributed by atoms with Crippen molar-refractivity contribution in [2.45, 2.75) is 19.4 Å². The molecule has 0 aliphatic rings. The highest BCUT2D eigenvalue weighted by atomic mass is 16.3. The molecule has 1 heterocycles. The molecule has 0 atom stereocenters. The molecule has 0 radical (unpaired) electrons. The van der Waals surface area contributed by atoms with E-state index in [1.54, 1.807) is 0 Å².